The molecule has 1 aliphatic rings. The number of benzene rings is 1. The molecule has 1 atom stereocenters. The van der Waals surface area contributed by atoms with Gasteiger partial charge < -0.3 is 4.74 Å². The molecular weight excluding hydrogens is 272 g/mol. The average Bonchev–Trinajstić information content (AvgIpc) is 2.46. The lowest BCUT2D eigenvalue weighted by molar-refractivity contribution is 0.0251. The van der Waals surface area contributed by atoms with Gasteiger partial charge in [-0.05, 0) is 69.2 Å². The zero-order chi connectivity index (χ0) is 14.2. The Bertz CT molecular complexity index is 451. The number of halogens is 1. The Morgan fingerprint density at radius 2 is 1.65 bits per heavy atom. The van der Waals surface area contributed by atoms with Crippen molar-refractivity contribution in [2.75, 3.05) is 0 Å². The van der Waals surface area contributed by atoms with E-state index in [4.69, 9.17) is 16.3 Å². The van der Waals surface area contributed by atoms with Crippen LogP contribution in [-0.2, 0) is 4.74 Å². The molecule has 108 valence electrons. The second kappa shape index (κ2) is 8.11. The first kappa shape index (κ1) is 15.1. The number of esters is 1. The SMILES string of the molecule is O=C(O[C@@H]1CCC/C=C/CCCC1)c1ccc(Cl)cc1. The van der Waals surface area contributed by atoms with Gasteiger partial charge in [0, 0.05) is 5.02 Å². The largest absolute Gasteiger partial charge is 0.459 e. The Morgan fingerprint density at radius 1 is 1.00 bits per heavy atom. The molecule has 1 aromatic rings. The summed E-state index contributed by atoms with van der Waals surface area (Å²) in [5.74, 6) is -0.237. The minimum absolute atomic E-state index is 0.0460. The van der Waals surface area contributed by atoms with Gasteiger partial charge in [0.2, 0.25) is 0 Å². The highest BCUT2D eigenvalue weighted by molar-refractivity contribution is 6.30. The maximum atomic E-state index is 12.1. The molecule has 20 heavy (non-hydrogen) atoms. The summed E-state index contributed by atoms with van der Waals surface area (Å²) >= 11 is 5.82. The number of carbonyl (C=O) groups is 1. The van der Waals surface area contributed by atoms with Gasteiger partial charge in [-0.3, -0.25) is 0 Å². The Morgan fingerprint density at radius 3 is 2.40 bits per heavy atom. The molecule has 1 aromatic carbocycles. The van der Waals surface area contributed by atoms with Crippen molar-refractivity contribution in [3.8, 4) is 0 Å². The summed E-state index contributed by atoms with van der Waals surface area (Å²) in [6, 6.07) is 6.87. The fourth-order valence-electron chi connectivity index (χ4n) is 2.40. The van der Waals surface area contributed by atoms with Crippen molar-refractivity contribution in [3.05, 3.63) is 47.0 Å². The molecule has 0 saturated carbocycles. The molecule has 0 fully saturated rings. The fourth-order valence-corrected chi connectivity index (χ4v) is 2.53. The van der Waals surface area contributed by atoms with Gasteiger partial charge >= 0.3 is 5.97 Å². The Hall–Kier alpha value is -1.28. The van der Waals surface area contributed by atoms with Crippen LogP contribution in [0, 0.1) is 0 Å². The molecular formula is C17H21ClO2. The van der Waals surface area contributed by atoms with Gasteiger partial charge in [-0.2, -0.15) is 0 Å². The first-order valence-corrected chi connectivity index (χ1v) is 7.75. The van der Waals surface area contributed by atoms with Gasteiger partial charge in [0.05, 0.1) is 5.56 Å². The van der Waals surface area contributed by atoms with E-state index in [1.165, 1.54) is 6.42 Å². The molecule has 0 heterocycles. The zero-order valence-electron chi connectivity index (χ0n) is 11.7. The molecule has 2 nitrogen and oxygen atoms in total. The molecule has 2 rings (SSSR count). The third-order valence-corrected chi connectivity index (χ3v) is 3.82. The van der Waals surface area contributed by atoms with Crippen molar-refractivity contribution in [1.82, 2.24) is 0 Å². The normalized spacial score (nSPS) is 21.9. The fraction of sp³-hybridized carbons (Fsp3) is 0.471. The smallest absolute Gasteiger partial charge is 0.338 e. The highest BCUT2D eigenvalue weighted by Crippen LogP contribution is 2.18. The van der Waals surface area contributed by atoms with E-state index in [2.05, 4.69) is 12.2 Å². The summed E-state index contributed by atoms with van der Waals surface area (Å²) in [6.45, 7) is 0. The van der Waals surface area contributed by atoms with E-state index in [-0.39, 0.29) is 12.1 Å². The lowest BCUT2D eigenvalue weighted by atomic mass is 10.0. The van der Waals surface area contributed by atoms with E-state index in [0.717, 1.165) is 38.5 Å². The topological polar surface area (TPSA) is 26.3 Å². The van der Waals surface area contributed by atoms with Crippen molar-refractivity contribution in [2.45, 2.75) is 51.0 Å². The van der Waals surface area contributed by atoms with Gasteiger partial charge in [0.15, 0.2) is 0 Å². The highest BCUT2D eigenvalue weighted by Gasteiger charge is 2.15. The maximum Gasteiger partial charge on any atom is 0.338 e. The van der Waals surface area contributed by atoms with Crippen LogP contribution in [0.3, 0.4) is 0 Å². The molecule has 0 amide bonds. The third-order valence-electron chi connectivity index (χ3n) is 3.56. The first-order valence-electron chi connectivity index (χ1n) is 7.37. The van der Waals surface area contributed by atoms with Crippen LogP contribution in [0.25, 0.3) is 0 Å². The first-order chi connectivity index (χ1) is 9.75. The van der Waals surface area contributed by atoms with Crippen LogP contribution in [-0.4, -0.2) is 12.1 Å². The molecule has 0 saturated heterocycles. The lowest BCUT2D eigenvalue weighted by Gasteiger charge is -2.18. The van der Waals surface area contributed by atoms with E-state index in [0.29, 0.717) is 10.6 Å². The highest BCUT2D eigenvalue weighted by atomic mass is 35.5. The molecule has 1 aliphatic carbocycles. The molecule has 0 aromatic heterocycles. The van der Waals surface area contributed by atoms with Crippen molar-refractivity contribution in [3.63, 3.8) is 0 Å². The van der Waals surface area contributed by atoms with Crippen molar-refractivity contribution >= 4 is 17.6 Å². The Kier molecular flexibility index (Phi) is 6.13. The number of rotatable bonds is 2. The van der Waals surface area contributed by atoms with Crippen molar-refractivity contribution < 1.29 is 9.53 Å². The summed E-state index contributed by atoms with van der Waals surface area (Å²) in [5, 5.41) is 0.632. The average molecular weight is 293 g/mol. The predicted octanol–water partition coefficient (Wildman–Crippen LogP) is 5.17. The molecule has 0 N–H and O–H groups in total. The summed E-state index contributed by atoms with van der Waals surface area (Å²) in [4.78, 5) is 12.1. The Balaban J connectivity index is 1.90. The summed E-state index contributed by atoms with van der Waals surface area (Å²) in [7, 11) is 0. The summed E-state index contributed by atoms with van der Waals surface area (Å²) in [5.41, 5.74) is 0.575. The number of carbonyl (C=O) groups excluding carboxylic acids is 1. The molecule has 0 bridgehead atoms. The molecule has 0 unspecified atom stereocenters. The standard InChI is InChI=1S/C17H21ClO2/c18-15-12-10-14(11-13-15)17(19)20-16-8-6-4-2-1-3-5-7-9-16/h1-2,10-13,16H,3-9H2/b2-1+/t16-/m1/s1. The van der Waals surface area contributed by atoms with E-state index >= 15 is 0 Å². The monoisotopic (exact) mass is 292 g/mol. The second-order valence-corrected chi connectivity index (χ2v) is 5.66. The number of hydrogen-bond acceptors (Lipinski definition) is 2. The molecule has 0 spiro atoms. The molecule has 0 radical (unpaired) electrons. The minimum atomic E-state index is -0.237. The molecule has 0 aliphatic heterocycles. The maximum absolute atomic E-state index is 12.1. The van der Waals surface area contributed by atoms with Crippen LogP contribution in [0.2, 0.25) is 5.02 Å². The van der Waals surface area contributed by atoms with E-state index in [9.17, 15) is 4.79 Å². The van der Waals surface area contributed by atoms with Crippen molar-refractivity contribution in [2.24, 2.45) is 0 Å². The van der Waals surface area contributed by atoms with Crippen LogP contribution < -0.4 is 0 Å². The summed E-state index contributed by atoms with van der Waals surface area (Å²) < 4.78 is 5.64. The second-order valence-electron chi connectivity index (χ2n) is 5.22. The van der Waals surface area contributed by atoms with Crippen LogP contribution in [0.15, 0.2) is 36.4 Å². The van der Waals surface area contributed by atoms with Crippen LogP contribution in [0.1, 0.15) is 55.3 Å². The van der Waals surface area contributed by atoms with Gasteiger partial charge in [0.1, 0.15) is 6.10 Å². The predicted molar refractivity (Wildman–Crippen MR) is 82.1 cm³/mol. The third kappa shape index (κ3) is 5.01. The van der Waals surface area contributed by atoms with Gasteiger partial charge in [0.25, 0.3) is 0 Å². The van der Waals surface area contributed by atoms with Crippen LogP contribution in [0.5, 0.6) is 0 Å². The quantitative estimate of drug-likeness (QED) is 0.555. The number of allylic oxidation sites excluding steroid dienone is 2. The van der Waals surface area contributed by atoms with E-state index in [1.54, 1.807) is 24.3 Å². The summed E-state index contributed by atoms with van der Waals surface area (Å²) in [6.07, 6.45) is 12.0. The lowest BCUT2D eigenvalue weighted by Crippen LogP contribution is -2.18. The number of ether oxygens (including phenoxy) is 1. The van der Waals surface area contributed by atoms with Crippen molar-refractivity contribution in [1.29, 1.82) is 0 Å². The van der Waals surface area contributed by atoms with Crippen LogP contribution >= 0.6 is 11.6 Å². The van der Waals surface area contributed by atoms with E-state index in [1.807, 2.05) is 0 Å². The zero-order valence-corrected chi connectivity index (χ0v) is 12.4. The van der Waals surface area contributed by atoms with Gasteiger partial charge in [-0.25, -0.2) is 4.79 Å². The minimum Gasteiger partial charge on any atom is -0.459 e. The van der Waals surface area contributed by atoms with E-state index < -0.39 is 0 Å². The van der Waals surface area contributed by atoms with Crippen LogP contribution in [0.4, 0.5) is 0 Å². The molecule has 3 heteroatoms. The van der Waals surface area contributed by atoms with Gasteiger partial charge in [-0.15, -0.1) is 0 Å². The number of hydrogen-bond donors (Lipinski definition) is 0. The van der Waals surface area contributed by atoms with Gasteiger partial charge in [-0.1, -0.05) is 23.8 Å². The Labute approximate surface area is 125 Å².